The second-order valence-corrected chi connectivity index (χ2v) is 10.9. The second-order valence-electron chi connectivity index (χ2n) is 8.48. The number of thiophene rings is 1. The van der Waals surface area contributed by atoms with Crippen molar-refractivity contribution in [2.24, 2.45) is 5.92 Å². The average molecular weight is 408 g/mol. The van der Waals surface area contributed by atoms with Crippen LogP contribution in [0.2, 0.25) is 0 Å². The molecule has 2 aromatic heterocycles. The number of amides is 1. The minimum absolute atomic E-state index is 0.0382. The topological polar surface area (TPSA) is 64.0 Å². The van der Waals surface area contributed by atoms with Gasteiger partial charge in [-0.05, 0) is 65.4 Å². The highest BCUT2D eigenvalue weighted by molar-refractivity contribution is 8.00. The van der Waals surface area contributed by atoms with Crippen LogP contribution in [0.1, 0.15) is 58.4 Å². The van der Waals surface area contributed by atoms with Gasteiger partial charge < -0.3 is 5.32 Å². The number of nitrogens with zero attached hydrogens (tertiary/aromatic N) is 2. The monoisotopic (exact) mass is 407 g/mol. The molecular weight excluding hydrogens is 378 g/mol. The number of carbonyl (C=O) groups is 1. The van der Waals surface area contributed by atoms with Crippen molar-refractivity contribution < 1.29 is 4.79 Å². The Bertz CT molecular complexity index is 924. The van der Waals surface area contributed by atoms with Crippen LogP contribution in [0.15, 0.2) is 9.95 Å². The molecule has 2 heterocycles. The van der Waals surface area contributed by atoms with Gasteiger partial charge in [-0.1, -0.05) is 18.7 Å². The van der Waals surface area contributed by atoms with Gasteiger partial charge in [0.25, 0.3) is 5.56 Å². The van der Waals surface area contributed by atoms with Crippen LogP contribution in [0.3, 0.4) is 0 Å². The summed E-state index contributed by atoms with van der Waals surface area (Å²) in [4.78, 5) is 32.6. The van der Waals surface area contributed by atoms with Crippen LogP contribution in [0.5, 0.6) is 0 Å². The number of rotatable bonds is 4. The molecule has 0 unspecified atom stereocenters. The Morgan fingerprint density at radius 2 is 2.15 bits per heavy atom. The number of thioether (sulfide) groups is 1. The number of aryl methyl sites for hydroxylation is 1. The lowest BCUT2D eigenvalue weighted by Crippen LogP contribution is -2.44. The zero-order valence-electron chi connectivity index (χ0n) is 17.0. The molecule has 7 heteroatoms. The van der Waals surface area contributed by atoms with Crippen molar-refractivity contribution in [1.29, 1.82) is 0 Å². The minimum Gasteiger partial charge on any atom is -0.351 e. The summed E-state index contributed by atoms with van der Waals surface area (Å²) in [6.45, 7) is 12.5. The van der Waals surface area contributed by atoms with Crippen LogP contribution in [0.4, 0.5) is 0 Å². The summed E-state index contributed by atoms with van der Waals surface area (Å²) in [6, 6.07) is 0. The molecule has 0 saturated carbocycles. The number of hydrogen-bond acceptors (Lipinski definition) is 5. The van der Waals surface area contributed by atoms with E-state index in [0.717, 1.165) is 29.5 Å². The van der Waals surface area contributed by atoms with Crippen LogP contribution in [-0.2, 0) is 24.2 Å². The van der Waals surface area contributed by atoms with Gasteiger partial charge in [0.1, 0.15) is 4.83 Å². The maximum atomic E-state index is 13.2. The molecule has 1 aliphatic rings. The first-order valence-corrected chi connectivity index (χ1v) is 11.3. The van der Waals surface area contributed by atoms with E-state index in [9.17, 15) is 9.59 Å². The fourth-order valence-electron chi connectivity index (χ4n) is 3.46. The highest BCUT2D eigenvalue weighted by Gasteiger charge is 2.26. The molecule has 3 rings (SSSR count). The quantitative estimate of drug-likeness (QED) is 0.615. The number of fused-ring (bicyclic) bond motifs is 3. The highest BCUT2D eigenvalue weighted by atomic mass is 32.2. The summed E-state index contributed by atoms with van der Waals surface area (Å²) in [5.41, 5.74) is 0.973. The molecule has 27 heavy (non-hydrogen) atoms. The van der Waals surface area contributed by atoms with Crippen LogP contribution in [0.25, 0.3) is 10.2 Å². The molecule has 0 bridgehead atoms. The number of nitrogens with one attached hydrogen (secondary N) is 1. The molecule has 0 spiro atoms. The molecule has 1 amide bonds. The Hall–Kier alpha value is -1.34. The van der Waals surface area contributed by atoms with Crippen LogP contribution in [-0.4, -0.2) is 26.2 Å². The first-order chi connectivity index (χ1) is 12.6. The third kappa shape index (κ3) is 4.24. The van der Waals surface area contributed by atoms with Crippen molar-refractivity contribution in [1.82, 2.24) is 14.9 Å². The van der Waals surface area contributed by atoms with Crippen LogP contribution < -0.4 is 10.9 Å². The molecule has 148 valence electrons. The molecule has 0 saturated heterocycles. The lowest BCUT2D eigenvalue weighted by atomic mass is 9.89. The normalized spacial score (nSPS) is 18.4. The number of hydrogen-bond donors (Lipinski definition) is 1. The standard InChI is InChI=1S/C20H29N3O2S2/c1-7-23-18(25)15-13-9-8-11(2)10-14(13)27-17(15)21-19(23)26-12(3)16(24)22-20(4,5)6/h11-12H,7-10H2,1-6H3,(H,22,24)/t11-,12-/m0/s1. The Kier molecular flexibility index (Phi) is 5.73. The van der Waals surface area contributed by atoms with E-state index in [4.69, 9.17) is 4.98 Å². The Balaban J connectivity index is 1.99. The van der Waals surface area contributed by atoms with E-state index in [1.165, 1.54) is 22.2 Å². The zero-order chi connectivity index (χ0) is 19.9. The van der Waals surface area contributed by atoms with Crippen molar-refractivity contribution in [3.63, 3.8) is 0 Å². The van der Waals surface area contributed by atoms with E-state index in [1.54, 1.807) is 15.9 Å². The molecule has 0 radical (unpaired) electrons. The smallest absolute Gasteiger partial charge is 0.263 e. The van der Waals surface area contributed by atoms with Gasteiger partial charge in [0.15, 0.2) is 5.16 Å². The SMILES string of the molecule is CCn1c(S[C@@H](C)C(=O)NC(C)(C)C)nc2sc3c(c2c1=O)CC[C@H](C)C3. The third-order valence-corrected chi connectivity index (χ3v) is 7.08. The van der Waals surface area contributed by atoms with Crippen LogP contribution in [0, 0.1) is 5.92 Å². The summed E-state index contributed by atoms with van der Waals surface area (Å²) < 4.78 is 1.72. The molecule has 0 fully saturated rings. The molecular formula is C20H29N3O2S2. The molecule has 2 aromatic rings. The van der Waals surface area contributed by atoms with E-state index in [2.05, 4.69) is 12.2 Å². The van der Waals surface area contributed by atoms with Crippen molar-refractivity contribution in [3.8, 4) is 0 Å². The molecule has 5 nitrogen and oxygen atoms in total. The summed E-state index contributed by atoms with van der Waals surface area (Å²) in [5, 5.41) is 4.12. The molecule has 0 aromatic carbocycles. The van der Waals surface area contributed by atoms with E-state index >= 15 is 0 Å². The minimum atomic E-state index is -0.319. The first-order valence-electron chi connectivity index (χ1n) is 9.64. The molecule has 1 N–H and O–H groups in total. The van der Waals surface area contributed by atoms with Gasteiger partial charge in [0.2, 0.25) is 5.91 Å². The Morgan fingerprint density at radius 3 is 2.78 bits per heavy atom. The maximum Gasteiger partial charge on any atom is 0.263 e. The molecule has 0 aliphatic heterocycles. The van der Waals surface area contributed by atoms with Gasteiger partial charge in [-0.2, -0.15) is 0 Å². The highest BCUT2D eigenvalue weighted by Crippen LogP contribution is 2.36. The summed E-state index contributed by atoms with van der Waals surface area (Å²) in [7, 11) is 0. The van der Waals surface area contributed by atoms with Crippen molar-refractivity contribution in [2.75, 3.05) is 0 Å². The Morgan fingerprint density at radius 1 is 1.44 bits per heavy atom. The van der Waals surface area contributed by atoms with E-state index in [0.29, 0.717) is 17.6 Å². The van der Waals surface area contributed by atoms with Gasteiger partial charge in [-0.25, -0.2) is 4.98 Å². The van der Waals surface area contributed by atoms with Gasteiger partial charge in [-0.3, -0.25) is 14.2 Å². The fourth-order valence-corrected chi connectivity index (χ4v) is 5.85. The van der Waals surface area contributed by atoms with Gasteiger partial charge >= 0.3 is 0 Å². The van der Waals surface area contributed by atoms with Crippen molar-refractivity contribution in [3.05, 3.63) is 20.8 Å². The summed E-state index contributed by atoms with van der Waals surface area (Å²) in [5.74, 6) is 0.623. The average Bonchev–Trinajstić information content (AvgIpc) is 2.90. The lowest BCUT2D eigenvalue weighted by molar-refractivity contribution is -0.121. The van der Waals surface area contributed by atoms with Crippen molar-refractivity contribution >= 4 is 39.2 Å². The number of aromatic nitrogens is 2. The Labute approximate surface area is 169 Å². The fraction of sp³-hybridized carbons (Fsp3) is 0.650. The first kappa shape index (κ1) is 20.4. The van der Waals surface area contributed by atoms with E-state index in [-0.39, 0.29) is 22.3 Å². The van der Waals surface area contributed by atoms with Crippen molar-refractivity contribution in [2.45, 2.75) is 83.3 Å². The zero-order valence-corrected chi connectivity index (χ0v) is 18.6. The van der Waals surface area contributed by atoms with Gasteiger partial charge in [0.05, 0.1) is 10.6 Å². The lowest BCUT2D eigenvalue weighted by Gasteiger charge is -2.23. The number of carbonyl (C=O) groups excluding carboxylic acids is 1. The summed E-state index contributed by atoms with van der Waals surface area (Å²) >= 11 is 3.02. The van der Waals surface area contributed by atoms with E-state index < -0.39 is 0 Å². The predicted octanol–water partition coefficient (Wildman–Crippen LogP) is 4.00. The maximum absolute atomic E-state index is 13.2. The van der Waals surface area contributed by atoms with Gasteiger partial charge in [0, 0.05) is 17.0 Å². The predicted molar refractivity (Wildman–Crippen MR) is 114 cm³/mol. The molecule has 1 aliphatic carbocycles. The summed E-state index contributed by atoms with van der Waals surface area (Å²) in [6.07, 6.45) is 3.13. The van der Waals surface area contributed by atoms with E-state index in [1.807, 2.05) is 34.6 Å². The third-order valence-electron chi connectivity index (χ3n) is 4.85. The van der Waals surface area contributed by atoms with Crippen LogP contribution >= 0.6 is 23.1 Å². The van der Waals surface area contributed by atoms with Gasteiger partial charge in [-0.15, -0.1) is 11.3 Å². The largest absolute Gasteiger partial charge is 0.351 e. The second kappa shape index (κ2) is 7.59. The molecule has 2 atom stereocenters.